The molecule has 1 aromatic carbocycles. The van der Waals surface area contributed by atoms with Crippen LogP contribution in [0.25, 0.3) is 0 Å². The first-order valence-corrected chi connectivity index (χ1v) is 6.68. The minimum Gasteiger partial charge on any atom is -0.494 e. The van der Waals surface area contributed by atoms with Crippen LogP contribution in [0.5, 0.6) is 11.5 Å². The van der Waals surface area contributed by atoms with Gasteiger partial charge in [0.05, 0.1) is 6.61 Å². The summed E-state index contributed by atoms with van der Waals surface area (Å²) < 4.78 is 11.0. The normalized spacial score (nSPS) is 11.3. The molecule has 18 heavy (non-hydrogen) atoms. The zero-order valence-corrected chi connectivity index (χ0v) is 12.0. The molecule has 0 aromatic heterocycles. The molecule has 0 fully saturated rings. The van der Waals surface area contributed by atoms with Crippen LogP contribution in [0.1, 0.15) is 34.1 Å². The maximum Gasteiger partial charge on any atom is 0.119 e. The highest BCUT2D eigenvalue weighted by Crippen LogP contribution is 2.17. The SMILES string of the molecule is CCOc1ccc(OCCNC(C)(C)CC)cc1. The van der Waals surface area contributed by atoms with Gasteiger partial charge in [-0.3, -0.25) is 0 Å². The van der Waals surface area contributed by atoms with Gasteiger partial charge in [-0.25, -0.2) is 0 Å². The third kappa shape index (κ3) is 5.41. The number of benzene rings is 1. The maximum atomic E-state index is 5.66. The summed E-state index contributed by atoms with van der Waals surface area (Å²) >= 11 is 0. The van der Waals surface area contributed by atoms with Gasteiger partial charge in [0.1, 0.15) is 18.1 Å². The first kappa shape index (κ1) is 14.8. The van der Waals surface area contributed by atoms with E-state index in [1.54, 1.807) is 0 Å². The van der Waals surface area contributed by atoms with Crippen molar-refractivity contribution >= 4 is 0 Å². The van der Waals surface area contributed by atoms with Crippen LogP contribution in [0, 0.1) is 0 Å². The lowest BCUT2D eigenvalue weighted by atomic mass is 10.0. The Hall–Kier alpha value is -1.22. The Bertz CT molecular complexity index is 333. The van der Waals surface area contributed by atoms with Crippen LogP contribution in [-0.2, 0) is 0 Å². The molecular formula is C15H25NO2. The van der Waals surface area contributed by atoms with Crippen molar-refractivity contribution in [2.75, 3.05) is 19.8 Å². The Balaban J connectivity index is 2.27. The predicted octanol–water partition coefficient (Wildman–Crippen LogP) is 3.24. The Labute approximate surface area is 110 Å². The van der Waals surface area contributed by atoms with Gasteiger partial charge in [0.15, 0.2) is 0 Å². The van der Waals surface area contributed by atoms with E-state index in [9.17, 15) is 0 Å². The summed E-state index contributed by atoms with van der Waals surface area (Å²) in [4.78, 5) is 0. The molecule has 0 saturated heterocycles. The second kappa shape index (κ2) is 7.27. The Morgan fingerprint density at radius 1 is 1.00 bits per heavy atom. The van der Waals surface area contributed by atoms with Crippen molar-refractivity contribution in [1.29, 1.82) is 0 Å². The smallest absolute Gasteiger partial charge is 0.119 e. The Morgan fingerprint density at radius 2 is 1.56 bits per heavy atom. The van der Waals surface area contributed by atoms with Crippen molar-refractivity contribution in [1.82, 2.24) is 5.32 Å². The van der Waals surface area contributed by atoms with E-state index in [1.807, 2.05) is 31.2 Å². The van der Waals surface area contributed by atoms with Crippen molar-refractivity contribution in [2.24, 2.45) is 0 Å². The van der Waals surface area contributed by atoms with Crippen LogP contribution in [0.2, 0.25) is 0 Å². The van der Waals surface area contributed by atoms with E-state index in [1.165, 1.54) is 0 Å². The molecule has 0 aliphatic rings. The number of hydrogen-bond donors (Lipinski definition) is 1. The van der Waals surface area contributed by atoms with E-state index < -0.39 is 0 Å². The topological polar surface area (TPSA) is 30.5 Å². The van der Waals surface area contributed by atoms with Crippen molar-refractivity contribution in [3.8, 4) is 11.5 Å². The van der Waals surface area contributed by atoms with Gasteiger partial charge < -0.3 is 14.8 Å². The van der Waals surface area contributed by atoms with Gasteiger partial charge in [-0.15, -0.1) is 0 Å². The van der Waals surface area contributed by atoms with Crippen LogP contribution in [0.15, 0.2) is 24.3 Å². The van der Waals surface area contributed by atoms with Crippen molar-refractivity contribution in [2.45, 2.75) is 39.7 Å². The van der Waals surface area contributed by atoms with Crippen molar-refractivity contribution in [3.63, 3.8) is 0 Å². The number of hydrogen-bond acceptors (Lipinski definition) is 3. The molecule has 3 nitrogen and oxygen atoms in total. The van der Waals surface area contributed by atoms with E-state index in [4.69, 9.17) is 9.47 Å². The zero-order chi connectivity index (χ0) is 13.4. The van der Waals surface area contributed by atoms with E-state index in [0.717, 1.165) is 24.5 Å². The maximum absolute atomic E-state index is 5.66. The molecule has 0 amide bonds. The minimum atomic E-state index is 0.183. The van der Waals surface area contributed by atoms with Gasteiger partial charge in [0, 0.05) is 12.1 Å². The second-order valence-electron chi connectivity index (χ2n) is 4.92. The molecular weight excluding hydrogens is 226 g/mol. The largest absolute Gasteiger partial charge is 0.494 e. The van der Waals surface area contributed by atoms with E-state index in [2.05, 4.69) is 26.1 Å². The summed E-state index contributed by atoms with van der Waals surface area (Å²) in [7, 11) is 0. The Kier molecular flexibility index (Phi) is 5.99. The average Bonchev–Trinajstić information content (AvgIpc) is 2.37. The number of rotatable bonds is 8. The molecule has 0 saturated carbocycles. The fraction of sp³-hybridized carbons (Fsp3) is 0.600. The lowest BCUT2D eigenvalue weighted by Gasteiger charge is -2.24. The molecule has 1 aromatic rings. The molecule has 1 N–H and O–H groups in total. The molecule has 3 heteroatoms. The van der Waals surface area contributed by atoms with Gasteiger partial charge in [-0.1, -0.05) is 6.92 Å². The number of ether oxygens (including phenoxy) is 2. The van der Waals surface area contributed by atoms with Gasteiger partial charge >= 0.3 is 0 Å². The Morgan fingerprint density at radius 3 is 2.06 bits per heavy atom. The highest BCUT2D eigenvalue weighted by atomic mass is 16.5. The zero-order valence-electron chi connectivity index (χ0n) is 12.0. The summed E-state index contributed by atoms with van der Waals surface area (Å²) in [6.45, 7) is 10.8. The molecule has 0 unspecified atom stereocenters. The van der Waals surface area contributed by atoms with Crippen LogP contribution in [0.3, 0.4) is 0 Å². The summed E-state index contributed by atoms with van der Waals surface area (Å²) in [5.74, 6) is 1.77. The summed E-state index contributed by atoms with van der Waals surface area (Å²) in [5, 5.41) is 3.46. The highest BCUT2D eigenvalue weighted by molar-refractivity contribution is 5.31. The molecule has 0 heterocycles. The third-order valence-corrected chi connectivity index (χ3v) is 2.99. The lowest BCUT2D eigenvalue weighted by molar-refractivity contribution is 0.280. The predicted molar refractivity (Wildman–Crippen MR) is 75.5 cm³/mol. The molecule has 0 radical (unpaired) electrons. The molecule has 0 bridgehead atoms. The van der Waals surface area contributed by atoms with Gasteiger partial charge in [0.2, 0.25) is 0 Å². The fourth-order valence-electron chi connectivity index (χ4n) is 1.48. The standard InChI is InChI=1S/C15H25NO2/c1-5-15(3,4)16-11-12-18-14-9-7-13(8-10-14)17-6-2/h7-10,16H,5-6,11-12H2,1-4H3. The third-order valence-electron chi connectivity index (χ3n) is 2.99. The monoisotopic (exact) mass is 251 g/mol. The lowest BCUT2D eigenvalue weighted by Crippen LogP contribution is -2.40. The molecule has 0 spiro atoms. The highest BCUT2D eigenvalue weighted by Gasteiger charge is 2.12. The molecule has 102 valence electrons. The van der Waals surface area contributed by atoms with E-state index in [-0.39, 0.29) is 5.54 Å². The quantitative estimate of drug-likeness (QED) is 0.719. The first-order valence-electron chi connectivity index (χ1n) is 6.68. The van der Waals surface area contributed by atoms with Crippen LogP contribution >= 0.6 is 0 Å². The molecule has 0 aliphatic carbocycles. The van der Waals surface area contributed by atoms with Crippen LogP contribution in [0.4, 0.5) is 0 Å². The minimum absolute atomic E-state index is 0.183. The van der Waals surface area contributed by atoms with Crippen molar-refractivity contribution < 1.29 is 9.47 Å². The van der Waals surface area contributed by atoms with Crippen LogP contribution < -0.4 is 14.8 Å². The molecule has 0 aliphatic heterocycles. The van der Waals surface area contributed by atoms with Crippen molar-refractivity contribution in [3.05, 3.63) is 24.3 Å². The second-order valence-corrected chi connectivity index (χ2v) is 4.92. The molecule has 1 rings (SSSR count). The first-order chi connectivity index (χ1) is 8.57. The average molecular weight is 251 g/mol. The van der Waals surface area contributed by atoms with Gasteiger partial charge in [0.25, 0.3) is 0 Å². The van der Waals surface area contributed by atoms with Crippen LogP contribution in [-0.4, -0.2) is 25.3 Å². The number of nitrogens with one attached hydrogen (secondary N) is 1. The van der Waals surface area contributed by atoms with E-state index in [0.29, 0.717) is 13.2 Å². The fourth-order valence-corrected chi connectivity index (χ4v) is 1.48. The summed E-state index contributed by atoms with van der Waals surface area (Å²) in [6.07, 6.45) is 1.11. The molecule has 0 atom stereocenters. The van der Waals surface area contributed by atoms with Gasteiger partial charge in [-0.2, -0.15) is 0 Å². The van der Waals surface area contributed by atoms with Gasteiger partial charge in [-0.05, 0) is 51.5 Å². The summed E-state index contributed by atoms with van der Waals surface area (Å²) in [6, 6.07) is 7.75. The summed E-state index contributed by atoms with van der Waals surface area (Å²) in [5.41, 5.74) is 0.183. The van der Waals surface area contributed by atoms with E-state index >= 15 is 0 Å².